The molecular formula is C13H20N2O. The van der Waals surface area contributed by atoms with Crippen molar-refractivity contribution >= 4 is 6.03 Å². The highest BCUT2D eigenvalue weighted by Gasteiger charge is 2.05. The average Bonchev–Trinajstić information content (AvgIpc) is 2.28. The predicted molar refractivity (Wildman–Crippen MR) is 66.4 cm³/mol. The first-order valence-corrected chi connectivity index (χ1v) is 5.80. The Bertz CT molecular complexity index is 311. The molecule has 2 N–H and O–H groups in total. The number of urea groups is 1. The number of nitrogens with one attached hydrogen (secondary N) is 2. The van der Waals surface area contributed by atoms with E-state index >= 15 is 0 Å². The molecule has 88 valence electrons. The first-order chi connectivity index (χ1) is 7.72. The van der Waals surface area contributed by atoms with E-state index in [1.807, 2.05) is 32.0 Å². The van der Waals surface area contributed by atoms with E-state index in [2.05, 4.69) is 22.8 Å². The van der Waals surface area contributed by atoms with Crippen LogP contribution in [0.1, 0.15) is 25.8 Å². The molecule has 1 unspecified atom stereocenters. The van der Waals surface area contributed by atoms with E-state index in [9.17, 15) is 4.79 Å². The highest BCUT2D eigenvalue weighted by molar-refractivity contribution is 5.74. The fourth-order valence-corrected chi connectivity index (χ4v) is 1.54. The lowest BCUT2D eigenvalue weighted by Gasteiger charge is -2.13. The Hall–Kier alpha value is -1.51. The predicted octanol–water partition coefficient (Wildman–Crippen LogP) is 2.33. The highest BCUT2D eigenvalue weighted by atomic mass is 16.2. The second-order valence-electron chi connectivity index (χ2n) is 3.93. The molecule has 0 aromatic heterocycles. The zero-order valence-corrected chi connectivity index (χ0v) is 9.99. The van der Waals surface area contributed by atoms with Gasteiger partial charge in [-0.15, -0.1) is 0 Å². The number of amides is 2. The largest absolute Gasteiger partial charge is 0.338 e. The maximum Gasteiger partial charge on any atom is 0.314 e. The molecule has 3 heteroatoms. The molecule has 0 aliphatic heterocycles. The van der Waals surface area contributed by atoms with Gasteiger partial charge in [-0.1, -0.05) is 30.3 Å². The summed E-state index contributed by atoms with van der Waals surface area (Å²) in [5.41, 5.74) is 1.31. The monoisotopic (exact) mass is 220 g/mol. The minimum absolute atomic E-state index is 0.0805. The van der Waals surface area contributed by atoms with Gasteiger partial charge in [-0.2, -0.15) is 0 Å². The number of hydrogen-bond acceptors (Lipinski definition) is 1. The lowest BCUT2D eigenvalue weighted by molar-refractivity contribution is 0.237. The van der Waals surface area contributed by atoms with Crippen molar-refractivity contribution in [1.29, 1.82) is 0 Å². The van der Waals surface area contributed by atoms with Crippen molar-refractivity contribution < 1.29 is 4.79 Å². The van der Waals surface area contributed by atoms with Crippen LogP contribution in [0.3, 0.4) is 0 Å². The lowest BCUT2D eigenvalue weighted by atomic mass is 10.1. The molecular weight excluding hydrogens is 200 g/mol. The maximum atomic E-state index is 11.2. The molecule has 2 amide bonds. The molecule has 1 aromatic rings. The summed E-state index contributed by atoms with van der Waals surface area (Å²) in [4.78, 5) is 11.2. The Balaban J connectivity index is 2.25. The molecule has 1 atom stereocenters. The summed E-state index contributed by atoms with van der Waals surface area (Å²) in [7, 11) is 0. The fourth-order valence-electron chi connectivity index (χ4n) is 1.54. The molecule has 0 bridgehead atoms. The Labute approximate surface area is 97.2 Å². The van der Waals surface area contributed by atoms with Gasteiger partial charge in [-0.3, -0.25) is 0 Å². The fraction of sp³-hybridized carbons (Fsp3) is 0.462. The van der Waals surface area contributed by atoms with Gasteiger partial charge in [0.2, 0.25) is 0 Å². The molecule has 0 radical (unpaired) electrons. The molecule has 0 fully saturated rings. The minimum Gasteiger partial charge on any atom is -0.338 e. The third-order valence-electron chi connectivity index (χ3n) is 2.42. The Morgan fingerprint density at radius 3 is 2.62 bits per heavy atom. The van der Waals surface area contributed by atoms with E-state index in [-0.39, 0.29) is 12.1 Å². The number of hydrogen-bond donors (Lipinski definition) is 2. The molecule has 1 aromatic carbocycles. The van der Waals surface area contributed by atoms with E-state index in [0.717, 1.165) is 12.8 Å². The average molecular weight is 220 g/mol. The van der Waals surface area contributed by atoms with Gasteiger partial charge in [0.1, 0.15) is 0 Å². The van der Waals surface area contributed by atoms with Gasteiger partial charge in [0, 0.05) is 12.6 Å². The number of benzene rings is 1. The van der Waals surface area contributed by atoms with E-state index < -0.39 is 0 Å². The molecule has 1 rings (SSSR count). The Morgan fingerprint density at radius 2 is 2.00 bits per heavy atom. The van der Waals surface area contributed by atoms with E-state index in [0.29, 0.717) is 6.54 Å². The summed E-state index contributed by atoms with van der Waals surface area (Å²) in [5.74, 6) is 0. The van der Waals surface area contributed by atoms with Crippen molar-refractivity contribution in [1.82, 2.24) is 10.6 Å². The van der Waals surface area contributed by atoms with Gasteiger partial charge in [-0.05, 0) is 32.3 Å². The molecule has 0 aliphatic carbocycles. The van der Waals surface area contributed by atoms with Crippen LogP contribution in [0, 0.1) is 0 Å². The van der Waals surface area contributed by atoms with Crippen LogP contribution < -0.4 is 10.6 Å². The van der Waals surface area contributed by atoms with Crippen LogP contribution in [0.5, 0.6) is 0 Å². The van der Waals surface area contributed by atoms with E-state index in [1.165, 1.54) is 5.56 Å². The van der Waals surface area contributed by atoms with Gasteiger partial charge < -0.3 is 10.6 Å². The lowest BCUT2D eigenvalue weighted by Crippen LogP contribution is -2.40. The summed E-state index contributed by atoms with van der Waals surface area (Å²) in [6.07, 6.45) is 1.95. The van der Waals surface area contributed by atoms with E-state index in [1.54, 1.807) is 0 Å². The van der Waals surface area contributed by atoms with Gasteiger partial charge in [0.05, 0.1) is 0 Å². The van der Waals surface area contributed by atoms with Crippen LogP contribution in [0.15, 0.2) is 30.3 Å². The first kappa shape index (κ1) is 12.6. The van der Waals surface area contributed by atoms with E-state index in [4.69, 9.17) is 0 Å². The number of rotatable bonds is 5. The SMILES string of the molecule is CCNC(=O)NC(C)CCc1ccccc1. The second kappa shape index (κ2) is 6.88. The van der Waals surface area contributed by atoms with Gasteiger partial charge in [-0.25, -0.2) is 4.79 Å². The number of carbonyl (C=O) groups is 1. The van der Waals surface area contributed by atoms with Crippen LogP contribution in [0.25, 0.3) is 0 Å². The smallest absolute Gasteiger partial charge is 0.314 e. The third kappa shape index (κ3) is 4.82. The second-order valence-corrected chi connectivity index (χ2v) is 3.93. The molecule has 0 heterocycles. The minimum atomic E-state index is -0.0805. The van der Waals surface area contributed by atoms with Gasteiger partial charge >= 0.3 is 6.03 Å². The van der Waals surface area contributed by atoms with Crippen LogP contribution in [0.4, 0.5) is 4.79 Å². The van der Waals surface area contributed by atoms with Crippen LogP contribution in [-0.4, -0.2) is 18.6 Å². The quantitative estimate of drug-likeness (QED) is 0.785. The molecule has 0 saturated carbocycles. The maximum absolute atomic E-state index is 11.2. The standard InChI is InChI=1S/C13H20N2O/c1-3-14-13(16)15-11(2)9-10-12-7-5-4-6-8-12/h4-8,11H,3,9-10H2,1-2H3,(H2,14,15,16). The van der Waals surface area contributed by atoms with Gasteiger partial charge in [0.25, 0.3) is 0 Å². The summed E-state index contributed by atoms with van der Waals surface area (Å²) in [5, 5.41) is 5.63. The summed E-state index contributed by atoms with van der Waals surface area (Å²) < 4.78 is 0. The van der Waals surface area contributed by atoms with Crippen molar-refractivity contribution in [2.24, 2.45) is 0 Å². The molecule has 0 aliphatic rings. The van der Waals surface area contributed by atoms with Crippen molar-refractivity contribution in [2.45, 2.75) is 32.7 Å². The summed E-state index contributed by atoms with van der Waals surface area (Å²) in [6.45, 7) is 4.60. The first-order valence-electron chi connectivity index (χ1n) is 5.80. The van der Waals surface area contributed by atoms with Gasteiger partial charge in [0.15, 0.2) is 0 Å². The van der Waals surface area contributed by atoms with Crippen molar-refractivity contribution in [3.63, 3.8) is 0 Å². The van der Waals surface area contributed by atoms with Crippen molar-refractivity contribution in [3.8, 4) is 0 Å². The normalized spacial score (nSPS) is 11.9. The zero-order chi connectivity index (χ0) is 11.8. The molecule has 0 saturated heterocycles. The highest BCUT2D eigenvalue weighted by Crippen LogP contribution is 2.04. The topological polar surface area (TPSA) is 41.1 Å². The van der Waals surface area contributed by atoms with Crippen LogP contribution >= 0.6 is 0 Å². The number of carbonyl (C=O) groups excluding carboxylic acids is 1. The molecule has 16 heavy (non-hydrogen) atoms. The Kier molecular flexibility index (Phi) is 5.40. The van der Waals surface area contributed by atoms with Crippen molar-refractivity contribution in [2.75, 3.05) is 6.54 Å². The number of aryl methyl sites for hydroxylation is 1. The summed E-state index contributed by atoms with van der Waals surface area (Å²) in [6, 6.07) is 10.4. The van der Waals surface area contributed by atoms with Crippen molar-refractivity contribution in [3.05, 3.63) is 35.9 Å². The zero-order valence-electron chi connectivity index (χ0n) is 9.99. The van der Waals surface area contributed by atoms with Crippen LogP contribution in [-0.2, 0) is 6.42 Å². The Morgan fingerprint density at radius 1 is 1.31 bits per heavy atom. The third-order valence-corrected chi connectivity index (χ3v) is 2.42. The molecule has 0 spiro atoms. The molecule has 3 nitrogen and oxygen atoms in total. The van der Waals surface area contributed by atoms with Crippen LogP contribution in [0.2, 0.25) is 0 Å². The summed E-state index contributed by atoms with van der Waals surface area (Å²) >= 11 is 0.